The molecule has 6 heteroatoms. The lowest BCUT2D eigenvalue weighted by Crippen LogP contribution is -2.51. The summed E-state index contributed by atoms with van der Waals surface area (Å²) in [7, 11) is 1.33. The molecular weight excluding hydrogens is 260 g/mol. The summed E-state index contributed by atoms with van der Waals surface area (Å²) in [6.07, 6.45) is 1.05. The van der Waals surface area contributed by atoms with Crippen molar-refractivity contribution in [3.63, 3.8) is 0 Å². The van der Waals surface area contributed by atoms with E-state index in [2.05, 4.69) is 4.74 Å². The molecular formula is C14H26N2O4. The van der Waals surface area contributed by atoms with Crippen LogP contribution in [0.3, 0.4) is 0 Å². The standard InChI is InChI=1S/C14H26N2O4/c1-9-8-10(11(15)12(17)19-5)6-7-16(9)13(18)20-14(2,3)4/h9-11H,6-8,15H2,1-5H3/t9?,10?,11-/m0/s1. The van der Waals surface area contributed by atoms with Crippen LogP contribution in [0.25, 0.3) is 0 Å². The summed E-state index contributed by atoms with van der Waals surface area (Å²) in [5.74, 6) is -0.357. The van der Waals surface area contributed by atoms with Crippen molar-refractivity contribution in [2.24, 2.45) is 11.7 Å². The maximum Gasteiger partial charge on any atom is 0.410 e. The predicted molar refractivity (Wildman–Crippen MR) is 75.1 cm³/mol. The zero-order chi connectivity index (χ0) is 15.5. The van der Waals surface area contributed by atoms with E-state index in [1.165, 1.54) is 7.11 Å². The predicted octanol–water partition coefficient (Wildman–Crippen LogP) is 1.52. The van der Waals surface area contributed by atoms with Gasteiger partial charge in [-0.05, 0) is 46.5 Å². The Morgan fingerprint density at radius 3 is 2.40 bits per heavy atom. The number of amides is 1. The molecule has 0 aliphatic carbocycles. The molecule has 1 fully saturated rings. The van der Waals surface area contributed by atoms with Gasteiger partial charge in [-0.2, -0.15) is 0 Å². The molecule has 20 heavy (non-hydrogen) atoms. The van der Waals surface area contributed by atoms with E-state index in [9.17, 15) is 9.59 Å². The monoisotopic (exact) mass is 286 g/mol. The van der Waals surface area contributed by atoms with Crippen molar-refractivity contribution in [1.29, 1.82) is 0 Å². The summed E-state index contributed by atoms with van der Waals surface area (Å²) >= 11 is 0. The van der Waals surface area contributed by atoms with Crippen LogP contribution < -0.4 is 5.73 Å². The van der Waals surface area contributed by atoms with Crippen molar-refractivity contribution in [2.75, 3.05) is 13.7 Å². The first-order chi connectivity index (χ1) is 9.15. The Labute approximate surface area is 120 Å². The zero-order valence-electron chi connectivity index (χ0n) is 13.0. The van der Waals surface area contributed by atoms with Crippen LogP contribution in [0.1, 0.15) is 40.5 Å². The topological polar surface area (TPSA) is 81.9 Å². The Morgan fingerprint density at radius 1 is 1.35 bits per heavy atom. The Bertz CT molecular complexity index is 365. The van der Waals surface area contributed by atoms with Gasteiger partial charge in [0, 0.05) is 12.6 Å². The van der Waals surface area contributed by atoms with Gasteiger partial charge in [0.15, 0.2) is 0 Å². The van der Waals surface area contributed by atoms with E-state index < -0.39 is 17.6 Å². The molecule has 1 amide bonds. The Balaban J connectivity index is 2.60. The highest BCUT2D eigenvalue weighted by atomic mass is 16.6. The fourth-order valence-corrected chi connectivity index (χ4v) is 2.46. The van der Waals surface area contributed by atoms with Crippen LogP contribution in [-0.4, -0.2) is 48.3 Å². The third-order valence-electron chi connectivity index (χ3n) is 3.53. The SMILES string of the molecule is COC(=O)[C@@H](N)C1CCN(C(=O)OC(C)(C)C)C(C)C1. The van der Waals surface area contributed by atoms with Gasteiger partial charge in [-0.1, -0.05) is 0 Å². The van der Waals surface area contributed by atoms with E-state index in [1.54, 1.807) is 4.90 Å². The third-order valence-corrected chi connectivity index (χ3v) is 3.53. The van der Waals surface area contributed by atoms with Crippen molar-refractivity contribution in [2.45, 2.75) is 58.2 Å². The van der Waals surface area contributed by atoms with E-state index in [0.29, 0.717) is 19.4 Å². The minimum absolute atomic E-state index is 0.000642. The van der Waals surface area contributed by atoms with Crippen LogP contribution in [-0.2, 0) is 14.3 Å². The average Bonchev–Trinajstić information content (AvgIpc) is 2.34. The molecule has 1 heterocycles. The number of piperidine rings is 1. The third kappa shape index (κ3) is 4.37. The molecule has 0 bridgehead atoms. The summed E-state index contributed by atoms with van der Waals surface area (Å²) in [6, 6.07) is -0.623. The van der Waals surface area contributed by atoms with Gasteiger partial charge in [0.1, 0.15) is 11.6 Å². The lowest BCUT2D eigenvalue weighted by atomic mass is 9.86. The minimum Gasteiger partial charge on any atom is -0.468 e. The zero-order valence-corrected chi connectivity index (χ0v) is 13.0. The number of rotatable bonds is 2. The first-order valence-electron chi connectivity index (χ1n) is 6.98. The number of hydrogen-bond donors (Lipinski definition) is 1. The van der Waals surface area contributed by atoms with Crippen LogP contribution in [0, 0.1) is 5.92 Å². The lowest BCUT2D eigenvalue weighted by molar-refractivity contribution is -0.144. The van der Waals surface area contributed by atoms with Gasteiger partial charge >= 0.3 is 12.1 Å². The van der Waals surface area contributed by atoms with Crippen LogP contribution in [0.4, 0.5) is 4.79 Å². The van der Waals surface area contributed by atoms with E-state index in [-0.39, 0.29) is 18.1 Å². The van der Waals surface area contributed by atoms with E-state index >= 15 is 0 Å². The second-order valence-corrected chi connectivity index (χ2v) is 6.36. The van der Waals surface area contributed by atoms with Gasteiger partial charge < -0.3 is 20.1 Å². The molecule has 6 nitrogen and oxygen atoms in total. The minimum atomic E-state index is -0.622. The van der Waals surface area contributed by atoms with Gasteiger partial charge in [0.25, 0.3) is 0 Å². The van der Waals surface area contributed by atoms with E-state index in [4.69, 9.17) is 10.5 Å². The molecule has 2 N–H and O–H groups in total. The number of nitrogens with two attached hydrogens (primary N) is 1. The number of likely N-dealkylation sites (tertiary alicyclic amines) is 1. The van der Waals surface area contributed by atoms with Crippen LogP contribution in [0.15, 0.2) is 0 Å². The van der Waals surface area contributed by atoms with Gasteiger partial charge in [-0.3, -0.25) is 4.79 Å². The first-order valence-corrected chi connectivity index (χ1v) is 6.98. The van der Waals surface area contributed by atoms with E-state index in [1.807, 2.05) is 27.7 Å². The molecule has 1 aliphatic heterocycles. The number of esters is 1. The van der Waals surface area contributed by atoms with Crippen molar-refractivity contribution in [1.82, 2.24) is 4.90 Å². The lowest BCUT2D eigenvalue weighted by Gasteiger charge is -2.39. The highest BCUT2D eigenvalue weighted by Crippen LogP contribution is 2.26. The fraction of sp³-hybridized carbons (Fsp3) is 0.857. The second kappa shape index (κ2) is 6.43. The summed E-state index contributed by atoms with van der Waals surface area (Å²) < 4.78 is 10.0. The maximum absolute atomic E-state index is 12.1. The van der Waals surface area contributed by atoms with Gasteiger partial charge in [0.05, 0.1) is 7.11 Å². The summed E-state index contributed by atoms with van der Waals surface area (Å²) in [5, 5.41) is 0. The normalized spacial score (nSPS) is 25.0. The Morgan fingerprint density at radius 2 is 1.95 bits per heavy atom. The number of methoxy groups -OCH3 is 1. The van der Waals surface area contributed by atoms with Crippen molar-refractivity contribution in [3.05, 3.63) is 0 Å². The molecule has 0 saturated carbocycles. The highest BCUT2D eigenvalue weighted by Gasteiger charge is 2.36. The van der Waals surface area contributed by atoms with Crippen molar-refractivity contribution >= 4 is 12.1 Å². The Kier molecular flexibility index (Phi) is 5.39. The molecule has 0 aromatic heterocycles. The number of nitrogens with zero attached hydrogens (tertiary/aromatic N) is 1. The molecule has 2 unspecified atom stereocenters. The van der Waals surface area contributed by atoms with E-state index in [0.717, 1.165) is 0 Å². The molecule has 0 radical (unpaired) electrons. The van der Waals surface area contributed by atoms with Crippen LogP contribution in [0.2, 0.25) is 0 Å². The fourth-order valence-electron chi connectivity index (χ4n) is 2.46. The molecule has 116 valence electrons. The largest absolute Gasteiger partial charge is 0.468 e. The molecule has 1 rings (SSSR count). The highest BCUT2D eigenvalue weighted by molar-refractivity contribution is 5.75. The number of hydrogen-bond acceptors (Lipinski definition) is 5. The molecule has 1 saturated heterocycles. The summed E-state index contributed by atoms with van der Waals surface area (Å²) in [5.41, 5.74) is 5.37. The Hall–Kier alpha value is -1.30. The van der Waals surface area contributed by atoms with Gasteiger partial charge in [-0.15, -0.1) is 0 Å². The number of ether oxygens (including phenoxy) is 2. The molecule has 0 aromatic carbocycles. The van der Waals surface area contributed by atoms with Crippen LogP contribution >= 0.6 is 0 Å². The maximum atomic E-state index is 12.1. The van der Waals surface area contributed by atoms with Crippen LogP contribution in [0.5, 0.6) is 0 Å². The smallest absolute Gasteiger partial charge is 0.410 e. The molecule has 1 aliphatic rings. The number of carbonyl (C=O) groups is 2. The quantitative estimate of drug-likeness (QED) is 0.778. The molecule has 0 aromatic rings. The summed E-state index contributed by atoms with van der Waals surface area (Å²) in [4.78, 5) is 25.2. The molecule has 0 spiro atoms. The van der Waals surface area contributed by atoms with Gasteiger partial charge in [-0.25, -0.2) is 4.79 Å². The first kappa shape index (κ1) is 16.8. The van der Waals surface area contributed by atoms with Crippen molar-refractivity contribution < 1.29 is 19.1 Å². The molecule has 3 atom stereocenters. The van der Waals surface area contributed by atoms with Gasteiger partial charge in [0.2, 0.25) is 0 Å². The number of carbonyl (C=O) groups excluding carboxylic acids is 2. The average molecular weight is 286 g/mol. The second-order valence-electron chi connectivity index (χ2n) is 6.36. The van der Waals surface area contributed by atoms with Crippen molar-refractivity contribution in [3.8, 4) is 0 Å². The summed E-state index contributed by atoms with van der Waals surface area (Å²) in [6.45, 7) is 8.02.